The summed E-state index contributed by atoms with van der Waals surface area (Å²) < 4.78 is 5.51. The second-order valence-corrected chi connectivity index (χ2v) is 8.29. The molecule has 5 heteroatoms. The highest BCUT2D eigenvalue weighted by molar-refractivity contribution is 5.68. The van der Waals surface area contributed by atoms with E-state index in [1.807, 2.05) is 38.1 Å². The van der Waals surface area contributed by atoms with Gasteiger partial charge in [0.1, 0.15) is 5.60 Å². The smallest absolute Gasteiger partial charge is 0.410 e. The lowest BCUT2D eigenvalue weighted by Gasteiger charge is -2.44. The van der Waals surface area contributed by atoms with E-state index in [9.17, 15) is 4.79 Å². The molecule has 1 amide bonds. The number of likely N-dealkylation sites (tertiary alicyclic amines) is 1. The molecule has 0 bridgehead atoms. The Hall–Kier alpha value is -1.62. The van der Waals surface area contributed by atoms with Gasteiger partial charge in [0.15, 0.2) is 0 Å². The van der Waals surface area contributed by atoms with Gasteiger partial charge >= 0.3 is 6.09 Å². The molecule has 0 spiro atoms. The van der Waals surface area contributed by atoms with Gasteiger partial charge in [-0.25, -0.2) is 4.79 Å². The van der Waals surface area contributed by atoms with Crippen LogP contribution in [0.25, 0.3) is 0 Å². The Morgan fingerprint density at radius 3 is 2.62 bits per heavy atom. The molecule has 1 saturated heterocycles. The molecule has 1 unspecified atom stereocenters. The lowest BCUT2D eigenvalue weighted by molar-refractivity contribution is 0.00232. The fourth-order valence-corrected chi connectivity index (χ4v) is 3.16. The molecular formula is C19H31N3O2. The molecule has 0 radical (unpaired) electrons. The van der Waals surface area contributed by atoms with Crippen LogP contribution in [0.4, 0.5) is 4.79 Å². The van der Waals surface area contributed by atoms with Crippen molar-refractivity contribution in [3.8, 4) is 0 Å². The zero-order chi connectivity index (χ0) is 17.8. The number of nitrogens with one attached hydrogen (secondary N) is 1. The van der Waals surface area contributed by atoms with Crippen molar-refractivity contribution in [2.45, 2.75) is 59.1 Å². The monoisotopic (exact) mass is 333 g/mol. The number of piperidine rings is 1. The van der Waals surface area contributed by atoms with Crippen molar-refractivity contribution < 1.29 is 9.53 Å². The van der Waals surface area contributed by atoms with Gasteiger partial charge in [-0.15, -0.1) is 0 Å². The molecule has 0 saturated carbocycles. The number of nitrogens with zero attached hydrogens (tertiary/aromatic N) is 2. The van der Waals surface area contributed by atoms with Gasteiger partial charge in [0.2, 0.25) is 0 Å². The molecule has 1 fully saturated rings. The average Bonchev–Trinajstić information content (AvgIpc) is 2.47. The minimum absolute atomic E-state index is 0.0212. The van der Waals surface area contributed by atoms with E-state index in [2.05, 4.69) is 36.3 Å². The molecule has 1 aromatic rings. The predicted octanol–water partition coefficient (Wildman–Crippen LogP) is 3.25. The molecule has 1 aliphatic rings. The fourth-order valence-electron chi connectivity index (χ4n) is 3.16. The molecule has 0 aliphatic carbocycles. The number of rotatable bonds is 4. The van der Waals surface area contributed by atoms with Crippen LogP contribution in [0.15, 0.2) is 24.5 Å². The Labute approximate surface area is 145 Å². The summed E-state index contributed by atoms with van der Waals surface area (Å²) in [5.41, 5.74) is 0.871. The fraction of sp³-hybridized carbons (Fsp3) is 0.684. The van der Waals surface area contributed by atoms with Crippen molar-refractivity contribution in [1.29, 1.82) is 0 Å². The number of amides is 1. The molecule has 5 nitrogen and oxygen atoms in total. The Bertz CT molecular complexity index is 537. The predicted molar refractivity (Wildman–Crippen MR) is 95.9 cm³/mol. The van der Waals surface area contributed by atoms with Crippen LogP contribution in [0.5, 0.6) is 0 Å². The molecule has 2 rings (SSSR count). The molecule has 1 N–H and O–H groups in total. The first-order valence-corrected chi connectivity index (χ1v) is 8.78. The highest BCUT2D eigenvalue weighted by Crippen LogP contribution is 2.30. The van der Waals surface area contributed by atoms with E-state index >= 15 is 0 Å². The average molecular weight is 333 g/mol. The summed E-state index contributed by atoms with van der Waals surface area (Å²) in [6.45, 7) is 12.5. The third-order valence-electron chi connectivity index (χ3n) is 4.43. The summed E-state index contributed by atoms with van der Waals surface area (Å²) in [6, 6.07) is 4.51. The summed E-state index contributed by atoms with van der Waals surface area (Å²) in [5.74, 6) is 0. The van der Waals surface area contributed by atoms with Crippen molar-refractivity contribution in [3.05, 3.63) is 30.1 Å². The zero-order valence-corrected chi connectivity index (χ0v) is 15.6. The largest absolute Gasteiger partial charge is 0.444 e. The van der Waals surface area contributed by atoms with E-state index in [4.69, 9.17) is 4.74 Å². The van der Waals surface area contributed by atoms with Gasteiger partial charge in [-0.05, 0) is 63.3 Å². The maximum absolute atomic E-state index is 12.3. The Balaban J connectivity index is 1.83. The molecule has 1 aromatic heterocycles. The van der Waals surface area contributed by atoms with Gasteiger partial charge in [-0.3, -0.25) is 4.98 Å². The van der Waals surface area contributed by atoms with Gasteiger partial charge in [0.05, 0.1) is 0 Å². The van der Waals surface area contributed by atoms with Crippen LogP contribution in [0.2, 0.25) is 0 Å². The van der Waals surface area contributed by atoms with Gasteiger partial charge in [-0.1, -0.05) is 13.8 Å². The van der Waals surface area contributed by atoms with Crippen LogP contribution in [-0.2, 0) is 11.2 Å². The van der Waals surface area contributed by atoms with Crippen LogP contribution in [0.1, 0.15) is 46.6 Å². The van der Waals surface area contributed by atoms with E-state index in [-0.39, 0.29) is 11.5 Å². The molecule has 2 heterocycles. The van der Waals surface area contributed by atoms with Crippen molar-refractivity contribution >= 4 is 6.09 Å². The summed E-state index contributed by atoms with van der Waals surface area (Å²) in [7, 11) is 0. The highest BCUT2D eigenvalue weighted by Gasteiger charge is 2.38. The lowest BCUT2D eigenvalue weighted by atomic mass is 9.79. The lowest BCUT2D eigenvalue weighted by Crippen LogP contribution is -2.56. The minimum atomic E-state index is -0.444. The van der Waals surface area contributed by atoms with Crippen molar-refractivity contribution in [3.63, 3.8) is 0 Å². The summed E-state index contributed by atoms with van der Waals surface area (Å²) in [6.07, 6.45) is 5.40. The number of carbonyl (C=O) groups excluding carboxylic acids is 1. The maximum Gasteiger partial charge on any atom is 0.410 e. The second-order valence-electron chi connectivity index (χ2n) is 8.29. The normalized spacial score (nSPS) is 20.7. The molecule has 24 heavy (non-hydrogen) atoms. The quantitative estimate of drug-likeness (QED) is 0.919. The van der Waals surface area contributed by atoms with Gasteiger partial charge in [-0.2, -0.15) is 0 Å². The maximum atomic E-state index is 12.3. The highest BCUT2D eigenvalue weighted by atomic mass is 16.6. The first kappa shape index (κ1) is 18.7. The molecule has 0 aromatic carbocycles. The van der Waals surface area contributed by atoms with Gasteiger partial charge in [0, 0.05) is 31.5 Å². The summed E-state index contributed by atoms with van der Waals surface area (Å²) in [4.78, 5) is 18.2. The van der Waals surface area contributed by atoms with Crippen LogP contribution in [0.3, 0.4) is 0 Å². The Morgan fingerprint density at radius 2 is 2.04 bits per heavy atom. The van der Waals surface area contributed by atoms with Gasteiger partial charge < -0.3 is 15.0 Å². The first-order chi connectivity index (χ1) is 11.2. The first-order valence-electron chi connectivity index (χ1n) is 8.78. The molecular weight excluding hydrogens is 302 g/mol. The Kier molecular flexibility index (Phi) is 5.86. The minimum Gasteiger partial charge on any atom is -0.444 e. The third kappa shape index (κ3) is 5.48. The van der Waals surface area contributed by atoms with Crippen molar-refractivity contribution in [1.82, 2.24) is 15.2 Å². The SMILES string of the molecule is CC(C)(C)OC(=O)N1CCC(NCCc2ccncc2)C(C)(C)C1. The number of pyridine rings is 1. The zero-order valence-electron chi connectivity index (χ0n) is 15.6. The van der Waals surface area contributed by atoms with Crippen molar-refractivity contribution in [2.24, 2.45) is 5.41 Å². The molecule has 1 aliphatic heterocycles. The van der Waals surface area contributed by atoms with E-state index < -0.39 is 5.60 Å². The van der Waals surface area contributed by atoms with Crippen molar-refractivity contribution in [2.75, 3.05) is 19.6 Å². The number of aromatic nitrogens is 1. The number of carbonyl (C=O) groups is 1. The topological polar surface area (TPSA) is 54.5 Å². The number of ether oxygens (including phenoxy) is 1. The van der Waals surface area contributed by atoms with Crippen LogP contribution >= 0.6 is 0 Å². The van der Waals surface area contributed by atoms with Crippen LogP contribution < -0.4 is 5.32 Å². The second kappa shape index (κ2) is 7.51. The van der Waals surface area contributed by atoms with E-state index in [0.717, 1.165) is 32.5 Å². The summed E-state index contributed by atoms with van der Waals surface area (Å²) in [5, 5.41) is 3.67. The van der Waals surface area contributed by atoms with Crippen LogP contribution in [-0.4, -0.2) is 47.3 Å². The molecule has 134 valence electrons. The Morgan fingerprint density at radius 1 is 1.38 bits per heavy atom. The van der Waals surface area contributed by atoms with E-state index in [1.54, 1.807) is 0 Å². The van der Waals surface area contributed by atoms with E-state index in [1.165, 1.54) is 5.56 Å². The molecule has 1 atom stereocenters. The standard InChI is InChI=1S/C19H31N3O2/c1-18(2,3)24-17(23)22-13-9-16(19(4,5)14-22)21-12-8-15-6-10-20-11-7-15/h6-7,10-11,16,21H,8-9,12-14H2,1-5H3. The van der Waals surface area contributed by atoms with E-state index in [0.29, 0.717) is 6.04 Å². The van der Waals surface area contributed by atoms with Crippen LogP contribution in [0, 0.1) is 5.41 Å². The number of hydrogen-bond donors (Lipinski definition) is 1. The number of hydrogen-bond acceptors (Lipinski definition) is 4. The summed E-state index contributed by atoms with van der Waals surface area (Å²) >= 11 is 0. The third-order valence-corrected chi connectivity index (χ3v) is 4.43. The van der Waals surface area contributed by atoms with Gasteiger partial charge in [0.25, 0.3) is 0 Å².